The highest BCUT2D eigenvalue weighted by Crippen LogP contribution is 2.22. The number of carbonyl (C=O) groups excluding carboxylic acids is 1. The summed E-state index contributed by atoms with van der Waals surface area (Å²) >= 11 is 0. The van der Waals surface area contributed by atoms with E-state index in [-0.39, 0.29) is 11.9 Å². The third-order valence-corrected chi connectivity index (χ3v) is 5.52. The molecule has 0 aliphatic rings. The second-order valence-electron chi connectivity index (χ2n) is 7.77. The summed E-state index contributed by atoms with van der Waals surface area (Å²) in [4.78, 5) is 17.4. The number of nitrogens with one attached hydrogen (secondary N) is 1. The summed E-state index contributed by atoms with van der Waals surface area (Å²) < 4.78 is 8.14. The molecule has 1 unspecified atom stereocenters. The molecule has 3 aromatic carbocycles. The Balaban J connectivity index is 1.53. The lowest BCUT2D eigenvalue weighted by Gasteiger charge is -2.17. The third kappa shape index (κ3) is 4.61. The molecular formula is C26H27N3O2. The maximum Gasteiger partial charge on any atom is 0.251 e. The van der Waals surface area contributed by atoms with Gasteiger partial charge in [-0.2, -0.15) is 0 Å². The Bertz CT molecular complexity index is 1200. The highest BCUT2D eigenvalue weighted by atomic mass is 16.5. The molecule has 0 saturated heterocycles. The standard InChI is InChI=1S/C26H27N3O2/c1-18-13-14-22(17-19(18)2)31-16-15-29-24-12-8-7-11-23(24)28-25(29)20(3)27-26(30)21-9-5-4-6-10-21/h4-14,17,20H,15-16H2,1-3H3,(H,27,30). The lowest BCUT2D eigenvalue weighted by atomic mass is 10.1. The molecule has 1 aromatic heterocycles. The van der Waals surface area contributed by atoms with Gasteiger partial charge in [-0.05, 0) is 68.3 Å². The molecule has 5 nitrogen and oxygen atoms in total. The highest BCUT2D eigenvalue weighted by molar-refractivity contribution is 5.94. The van der Waals surface area contributed by atoms with E-state index in [1.54, 1.807) is 0 Å². The SMILES string of the molecule is Cc1ccc(OCCn2c(C(C)NC(=O)c3ccccc3)nc3ccccc32)cc1C. The van der Waals surface area contributed by atoms with Crippen molar-refractivity contribution in [2.45, 2.75) is 33.4 Å². The van der Waals surface area contributed by atoms with E-state index < -0.39 is 0 Å². The van der Waals surface area contributed by atoms with E-state index in [4.69, 9.17) is 9.72 Å². The maximum atomic E-state index is 12.6. The molecule has 1 heterocycles. The smallest absolute Gasteiger partial charge is 0.251 e. The topological polar surface area (TPSA) is 56.1 Å². The number of carbonyl (C=O) groups is 1. The van der Waals surface area contributed by atoms with Crippen molar-refractivity contribution < 1.29 is 9.53 Å². The summed E-state index contributed by atoms with van der Waals surface area (Å²) in [5, 5.41) is 3.07. The van der Waals surface area contributed by atoms with Crippen LogP contribution in [0, 0.1) is 13.8 Å². The average molecular weight is 414 g/mol. The van der Waals surface area contributed by atoms with Crippen LogP contribution in [-0.2, 0) is 6.54 Å². The Labute approximate surface area is 182 Å². The second-order valence-corrected chi connectivity index (χ2v) is 7.77. The quantitative estimate of drug-likeness (QED) is 0.452. The molecule has 1 atom stereocenters. The van der Waals surface area contributed by atoms with Gasteiger partial charge in [0.1, 0.15) is 18.2 Å². The van der Waals surface area contributed by atoms with Crippen LogP contribution >= 0.6 is 0 Å². The van der Waals surface area contributed by atoms with E-state index >= 15 is 0 Å². The van der Waals surface area contributed by atoms with Crippen molar-refractivity contribution in [2.75, 3.05) is 6.61 Å². The van der Waals surface area contributed by atoms with E-state index in [1.165, 1.54) is 11.1 Å². The van der Waals surface area contributed by atoms with Gasteiger partial charge in [0, 0.05) is 5.56 Å². The number of hydrogen-bond acceptors (Lipinski definition) is 3. The summed E-state index contributed by atoms with van der Waals surface area (Å²) in [6.45, 7) is 7.28. The molecule has 0 spiro atoms. The molecule has 1 amide bonds. The van der Waals surface area contributed by atoms with Gasteiger partial charge in [0.15, 0.2) is 0 Å². The number of para-hydroxylation sites is 2. The number of rotatable bonds is 7. The molecule has 0 aliphatic carbocycles. The normalized spacial score (nSPS) is 12.0. The predicted octanol–water partition coefficient (Wildman–Crippen LogP) is 5.22. The Morgan fingerprint density at radius 1 is 1.00 bits per heavy atom. The molecule has 4 aromatic rings. The number of aryl methyl sites for hydroxylation is 2. The van der Waals surface area contributed by atoms with Crippen molar-refractivity contribution in [1.82, 2.24) is 14.9 Å². The first-order valence-corrected chi connectivity index (χ1v) is 10.5. The zero-order valence-electron chi connectivity index (χ0n) is 18.1. The number of nitrogens with zero attached hydrogens (tertiary/aromatic N) is 2. The Kier molecular flexibility index (Phi) is 6.03. The van der Waals surface area contributed by atoms with Crippen LogP contribution < -0.4 is 10.1 Å². The summed E-state index contributed by atoms with van der Waals surface area (Å²) in [5.74, 6) is 1.56. The zero-order chi connectivity index (χ0) is 21.8. The molecule has 5 heteroatoms. The van der Waals surface area contributed by atoms with Gasteiger partial charge in [-0.25, -0.2) is 4.98 Å². The van der Waals surface area contributed by atoms with Crippen LogP contribution in [0.1, 0.15) is 40.3 Å². The number of imidazole rings is 1. The van der Waals surface area contributed by atoms with Gasteiger partial charge in [0.25, 0.3) is 5.91 Å². The number of ether oxygens (including phenoxy) is 1. The first-order chi connectivity index (χ1) is 15.0. The van der Waals surface area contributed by atoms with Crippen LogP contribution in [0.15, 0.2) is 72.8 Å². The monoisotopic (exact) mass is 413 g/mol. The number of fused-ring (bicyclic) bond motifs is 1. The molecular weight excluding hydrogens is 386 g/mol. The van der Waals surface area contributed by atoms with Crippen LogP contribution in [0.4, 0.5) is 0 Å². The zero-order valence-corrected chi connectivity index (χ0v) is 18.1. The van der Waals surface area contributed by atoms with E-state index in [0.29, 0.717) is 18.7 Å². The fourth-order valence-electron chi connectivity index (χ4n) is 3.65. The second kappa shape index (κ2) is 9.04. The molecule has 4 rings (SSSR count). The summed E-state index contributed by atoms with van der Waals surface area (Å²) in [6, 6.07) is 23.1. The number of aromatic nitrogens is 2. The third-order valence-electron chi connectivity index (χ3n) is 5.52. The van der Waals surface area contributed by atoms with Crippen molar-refractivity contribution >= 4 is 16.9 Å². The fraction of sp³-hybridized carbons (Fsp3) is 0.231. The van der Waals surface area contributed by atoms with E-state index in [2.05, 4.69) is 35.9 Å². The van der Waals surface area contributed by atoms with Crippen LogP contribution in [0.5, 0.6) is 5.75 Å². The predicted molar refractivity (Wildman–Crippen MR) is 123 cm³/mol. The minimum Gasteiger partial charge on any atom is -0.492 e. The molecule has 31 heavy (non-hydrogen) atoms. The minimum atomic E-state index is -0.248. The van der Waals surface area contributed by atoms with Crippen LogP contribution in [0.25, 0.3) is 11.0 Å². The fourth-order valence-corrected chi connectivity index (χ4v) is 3.65. The molecule has 0 bridgehead atoms. The van der Waals surface area contributed by atoms with Crippen molar-refractivity contribution in [3.8, 4) is 5.75 Å². The Morgan fingerprint density at radius 3 is 2.52 bits per heavy atom. The number of benzene rings is 3. The molecule has 0 radical (unpaired) electrons. The summed E-state index contributed by atoms with van der Waals surface area (Å²) in [5.41, 5.74) is 5.03. The lowest BCUT2D eigenvalue weighted by molar-refractivity contribution is 0.0937. The molecule has 1 N–H and O–H groups in total. The molecule has 0 aliphatic heterocycles. The van der Waals surface area contributed by atoms with Gasteiger partial charge in [-0.15, -0.1) is 0 Å². The largest absolute Gasteiger partial charge is 0.492 e. The maximum absolute atomic E-state index is 12.6. The van der Waals surface area contributed by atoms with Gasteiger partial charge in [-0.1, -0.05) is 36.4 Å². The summed E-state index contributed by atoms with van der Waals surface area (Å²) in [7, 11) is 0. The van der Waals surface area contributed by atoms with E-state index in [1.807, 2.05) is 67.6 Å². The van der Waals surface area contributed by atoms with Crippen molar-refractivity contribution in [3.05, 3.63) is 95.3 Å². The van der Waals surface area contributed by atoms with Crippen molar-refractivity contribution in [1.29, 1.82) is 0 Å². The van der Waals surface area contributed by atoms with Gasteiger partial charge in [0.2, 0.25) is 0 Å². The van der Waals surface area contributed by atoms with Gasteiger partial charge in [-0.3, -0.25) is 4.79 Å². The first-order valence-electron chi connectivity index (χ1n) is 10.5. The van der Waals surface area contributed by atoms with Crippen LogP contribution in [0.3, 0.4) is 0 Å². The Hall–Kier alpha value is -3.60. The van der Waals surface area contributed by atoms with Gasteiger partial charge in [0.05, 0.1) is 23.6 Å². The summed E-state index contributed by atoms with van der Waals surface area (Å²) in [6.07, 6.45) is 0. The molecule has 0 fully saturated rings. The van der Waals surface area contributed by atoms with Gasteiger partial charge >= 0.3 is 0 Å². The number of amides is 1. The van der Waals surface area contributed by atoms with Gasteiger partial charge < -0.3 is 14.6 Å². The Morgan fingerprint density at radius 2 is 1.74 bits per heavy atom. The van der Waals surface area contributed by atoms with E-state index in [9.17, 15) is 4.79 Å². The van der Waals surface area contributed by atoms with Crippen molar-refractivity contribution in [3.63, 3.8) is 0 Å². The molecule has 158 valence electrons. The highest BCUT2D eigenvalue weighted by Gasteiger charge is 2.19. The minimum absolute atomic E-state index is 0.113. The first kappa shape index (κ1) is 20.7. The van der Waals surface area contributed by atoms with Crippen LogP contribution in [0.2, 0.25) is 0 Å². The number of hydrogen-bond donors (Lipinski definition) is 1. The average Bonchev–Trinajstić information content (AvgIpc) is 3.15. The van der Waals surface area contributed by atoms with Crippen LogP contribution in [-0.4, -0.2) is 22.1 Å². The lowest BCUT2D eigenvalue weighted by Crippen LogP contribution is -2.29. The molecule has 0 saturated carbocycles. The van der Waals surface area contributed by atoms with E-state index in [0.717, 1.165) is 22.6 Å². The van der Waals surface area contributed by atoms with Crippen molar-refractivity contribution in [2.24, 2.45) is 0 Å².